The molecular formula is C18H16ClF2N3O2S. The van der Waals surface area contributed by atoms with Crippen molar-refractivity contribution in [1.82, 2.24) is 9.89 Å². The molecule has 1 heterocycles. The Morgan fingerprint density at radius 3 is 2.33 bits per heavy atom. The van der Waals surface area contributed by atoms with Gasteiger partial charge in [-0.2, -0.15) is 26.8 Å². The standard InChI is InChI=1S/C18H16ClF2N3O2S/c1-2-18(20,21)17-12-16(13-8-10-14(19)11-9-13)24(22-17)23-27(25,26)15-6-4-3-5-7-15/h3-12,23H,2H2,1H3. The summed E-state index contributed by atoms with van der Waals surface area (Å²) >= 11 is 5.87. The molecule has 0 radical (unpaired) electrons. The summed E-state index contributed by atoms with van der Waals surface area (Å²) in [6.45, 7) is 1.33. The molecule has 0 saturated carbocycles. The van der Waals surface area contributed by atoms with Crippen LogP contribution in [0.1, 0.15) is 19.0 Å². The van der Waals surface area contributed by atoms with Gasteiger partial charge in [0, 0.05) is 17.0 Å². The Morgan fingerprint density at radius 2 is 1.74 bits per heavy atom. The first kappa shape index (κ1) is 19.3. The number of aromatic nitrogens is 2. The first-order valence-corrected chi connectivity index (χ1v) is 9.91. The van der Waals surface area contributed by atoms with E-state index in [0.29, 0.717) is 10.6 Å². The van der Waals surface area contributed by atoms with Crippen LogP contribution in [0.2, 0.25) is 5.02 Å². The summed E-state index contributed by atoms with van der Waals surface area (Å²) in [5, 5.41) is 4.27. The van der Waals surface area contributed by atoms with Crippen molar-refractivity contribution in [1.29, 1.82) is 0 Å². The van der Waals surface area contributed by atoms with Crippen molar-refractivity contribution in [3.63, 3.8) is 0 Å². The molecular weight excluding hydrogens is 396 g/mol. The molecule has 0 fully saturated rings. The van der Waals surface area contributed by atoms with Crippen molar-refractivity contribution >= 4 is 21.6 Å². The number of hydrogen-bond donors (Lipinski definition) is 1. The molecule has 0 aliphatic rings. The minimum atomic E-state index is -4.01. The molecule has 0 amide bonds. The van der Waals surface area contributed by atoms with Crippen LogP contribution in [0.3, 0.4) is 0 Å². The van der Waals surface area contributed by atoms with E-state index >= 15 is 0 Å². The first-order chi connectivity index (χ1) is 12.7. The summed E-state index contributed by atoms with van der Waals surface area (Å²) < 4.78 is 53.5. The summed E-state index contributed by atoms with van der Waals surface area (Å²) in [4.78, 5) is 3.09. The number of sulfonamides is 1. The van der Waals surface area contributed by atoms with Gasteiger partial charge in [-0.3, -0.25) is 0 Å². The van der Waals surface area contributed by atoms with Crippen molar-refractivity contribution in [2.24, 2.45) is 0 Å². The molecule has 5 nitrogen and oxygen atoms in total. The molecule has 1 aromatic heterocycles. The maximum absolute atomic E-state index is 14.1. The number of rotatable bonds is 6. The first-order valence-electron chi connectivity index (χ1n) is 8.05. The number of hydrogen-bond acceptors (Lipinski definition) is 3. The lowest BCUT2D eigenvalue weighted by Gasteiger charge is -2.12. The van der Waals surface area contributed by atoms with Crippen molar-refractivity contribution in [3.8, 4) is 11.3 Å². The molecule has 3 aromatic rings. The Bertz CT molecular complexity index is 1040. The Kier molecular flexibility index (Phi) is 5.21. The summed E-state index contributed by atoms with van der Waals surface area (Å²) in [6, 6.07) is 15.1. The van der Waals surface area contributed by atoms with E-state index in [1.54, 1.807) is 42.5 Å². The highest BCUT2D eigenvalue weighted by atomic mass is 35.5. The summed E-state index contributed by atoms with van der Waals surface area (Å²) in [7, 11) is -4.01. The molecule has 2 aromatic carbocycles. The number of benzene rings is 2. The Hall–Kier alpha value is -2.45. The lowest BCUT2D eigenvalue weighted by Crippen LogP contribution is -2.25. The predicted octanol–water partition coefficient (Wildman–Crippen LogP) is 4.64. The van der Waals surface area contributed by atoms with Gasteiger partial charge in [-0.25, -0.2) is 0 Å². The van der Waals surface area contributed by atoms with Gasteiger partial charge in [-0.15, -0.1) is 5.10 Å². The maximum atomic E-state index is 14.1. The minimum absolute atomic E-state index is 0.00800. The zero-order valence-electron chi connectivity index (χ0n) is 14.2. The molecule has 0 spiro atoms. The Labute approximate surface area is 160 Å². The summed E-state index contributed by atoms with van der Waals surface area (Å²) in [5.74, 6) is -3.19. The van der Waals surface area contributed by atoms with Gasteiger partial charge in [-0.1, -0.05) is 48.9 Å². The predicted molar refractivity (Wildman–Crippen MR) is 99.8 cm³/mol. The Balaban J connectivity index is 2.09. The summed E-state index contributed by atoms with van der Waals surface area (Å²) in [5.41, 5.74) is 0.140. The van der Waals surface area contributed by atoms with E-state index in [0.717, 1.165) is 4.79 Å². The van der Waals surface area contributed by atoms with Crippen molar-refractivity contribution in [2.45, 2.75) is 24.2 Å². The van der Waals surface area contributed by atoms with E-state index in [-0.39, 0.29) is 10.6 Å². The van der Waals surface area contributed by atoms with Crippen LogP contribution in [0.25, 0.3) is 11.3 Å². The van der Waals surface area contributed by atoms with E-state index in [1.165, 1.54) is 25.1 Å². The molecule has 0 bridgehead atoms. The SMILES string of the molecule is CCC(F)(F)c1cc(-c2ccc(Cl)cc2)n(NS(=O)(=O)c2ccccc2)n1. The van der Waals surface area contributed by atoms with Gasteiger partial charge >= 0.3 is 0 Å². The van der Waals surface area contributed by atoms with Crippen LogP contribution in [0, 0.1) is 0 Å². The number of alkyl halides is 2. The molecule has 0 atom stereocenters. The topological polar surface area (TPSA) is 64.0 Å². The number of nitrogens with one attached hydrogen (secondary N) is 1. The molecule has 3 rings (SSSR count). The van der Waals surface area contributed by atoms with Gasteiger partial charge in [0.2, 0.25) is 0 Å². The highest BCUT2D eigenvalue weighted by Crippen LogP contribution is 2.33. The molecule has 0 aliphatic carbocycles. The van der Waals surface area contributed by atoms with Gasteiger partial charge in [0.05, 0.1) is 10.6 Å². The smallest absolute Gasteiger partial charge is 0.200 e. The Morgan fingerprint density at radius 1 is 1.11 bits per heavy atom. The van der Waals surface area contributed by atoms with E-state index < -0.39 is 28.1 Å². The molecule has 27 heavy (non-hydrogen) atoms. The zero-order valence-corrected chi connectivity index (χ0v) is 15.8. The van der Waals surface area contributed by atoms with Gasteiger partial charge in [0.1, 0.15) is 5.69 Å². The average Bonchev–Trinajstić information content (AvgIpc) is 3.07. The van der Waals surface area contributed by atoms with Crippen molar-refractivity contribution in [2.75, 3.05) is 4.83 Å². The fourth-order valence-corrected chi connectivity index (χ4v) is 3.52. The molecule has 9 heteroatoms. The van der Waals surface area contributed by atoms with Gasteiger partial charge in [0.15, 0.2) is 0 Å². The van der Waals surface area contributed by atoms with E-state index in [4.69, 9.17) is 11.6 Å². The van der Waals surface area contributed by atoms with Crippen LogP contribution < -0.4 is 4.83 Å². The van der Waals surface area contributed by atoms with E-state index in [9.17, 15) is 17.2 Å². The van der Waals surface area contributed by atoms with Crippen molar-refractivity contribution < 1.29 is 17.2 Å². The third kappa shape index (κ3) is 4.12. The fraction of sp³-hybridized carbons (Fsp3) is 0.167. The third-order valence-electron chi connectivity index (χ3n) is 3.93. The highest BCUT2D eigenvalue weighted by molar-refractivity contribution is 7.92. The van der Waals surface area contributed by atoms with Gasteiger partial charge in [-0.05, 0) is 30.3 Å². The van der Waals surface area contributed by atoms with Crippen LogP contribution in [-0.2, 0) is 15.9 Å². The fourth-order valence-electron chi connectivity index (χ4n) is 2.40. The molecule has 142 valence electrons. The zero-order chi connectivity index (χ0) is 19.7. The second-order valence-corrected chi connectivity index (χ2v) is 7.90. The maximum Gasteiger partial charge on any atom is 0.291 e. The van der Waals surface area contributed by atoms with E-state index in [1.807, 2.05) is 0 Å². The summed E-state index contributed by atoms with van der Waals surface area (Å²) in [6.07, 6.45) is -0.463. The second kappa shape index (κ2) is 7.28. The van der Waals surface area contributed by atoms with E-state index in [2.05, 4.69) is 9.93 Å². The van der Waals surface area contributed by atoms with Crippen molar-refractivity contribution in [3.05, 3.63) is 71.4 Å². The normalized spacial score (nSPS) is 12.1. The minimum Gasteiger partial charge on any atom is -0.200 e. The number of halogens is 3. The van der Waals surface area contributed by atoms with Gasteiger partial charge in [0.25, 0.3) is 15.9 Å². The number of nitrogens with zero attached hydrogens (tertiary/aromatic N) is 2. The molecule has 0 saturated heterocycles. The largest absolute Gasteiger partial charge is 0.291 e. The van der Waals surface area contributed by atoms with Gasteiger partial charge < -0.3 is 0 Å². The molecule has 0 aliphatic heterocycles. The lowest BCUT2D eigenvalue weighted by molar-refractivity contribution is -0.0132. The van der Waals surface area contributed by atoms with Crippen LogP contribution >= 0.6 is 11.6 Å². The highest BCUT2D eigenvalue weighted by Gasteiger charge is 2.34. The molecule has 1 N–H and O–H groups in total. The quantitative estimate of drug-likeness (QED) is 0.642. The van der Waals surface area contributed by atoms with Crippen LogP contribution in [-0.4, -0.2) is 18.3 Å². The lowest BCUT2D eigenvalue weighted by atomic mass is 10.1. The third-order valence-corrected chi connectivity index (χ3v) is 5.49. The monoisotopic (exact) mass is 411 g/mol. The van der Waals surface area contributed by atoms with Crippen LogP contribution in [0.5, 0.6) is 0 Å². The second-order valence-electron chi connectivity index (χ2n) is 5.80. The van der Waals surface area contributed by atoms with Crippen LogP contribution in [0.4, 0.5) is 8.78 Å². The van der Waals surface area contributed by atoms with Crippen LogP contribution in [0.15, 0.2) is 65.6 Å². The average molecular weight is 412 g/mol. The molecule has 0 unspecified atom stereocenters.